The van der Waals surface area contributed by atoms with E-state index in [4.69, 9.17) is 4.74 Å². The Morgan fingerprint density at radius 2 is 1.76 bits per heavy atom. The summed E-state index contributed by atoms with van der Waals surface area (Å²) in [5.74, 6) is -0.544. The zero-order valence-corrected chi connectivity index (χ0v) is 21.1. The van der Waals surface area contributed by atoms with Crippen LogP contribution in [-0.2, 0) is 10.0 Å². The summed E-state index contributed by atoms with van der Waals surface area (Å²) in [6.07, 6.45) is 4.20. The fourth-order valence-electron chi connectivity index (χ4n) is 4.01. The number of hydrogen-bond donors (Lipinski definition) is 1. The van der Waals surface area contributed by atoms with Crippen LogP contribution >= 0.6 is 0 Å². The number of benzene rings is 2. The second-order valence-corrected chi connectivity index (χ2v) is 10.8. The van der Waals surface area contributed by atoms with Crippen LogP contribution in [0, 0.1) is 0 Å². The van der Waals surface area contributed by atoms with Gasteiger partial charge in [0.1, 0.15) is 10.6 Å². The molecule has 0 radical (unpaired) electrons. The number of nitrogens with zero attached hydrogens (tertiary/aromatic N) is 3. The van der Waals surface area contributed by atoms with Crippen LogP contribution in [0.15, 0.2) is 47.4 Å². The van der Waals surface area contributed by atoms with Crippen molar-refractivity contribution < 1.29 is 23.1 Å². The molecule has 186 valence electrons. The van der Waals surface area contributed by atoms with Gasteiger partial charge in [-0.05, 0) is 56.6 Å². The minimum absolute atomic E-state index is 0.0847. The normalized spacial score (nSPS) is 14.5. The molecule has 1 aliphatic heterocycles. The van der Waals surface area contributed by atoms with E-state index < -0.39 is 16.0 Å². The largest absolute Gasteiger partial charge is 0.478 e. The molecule has 0 unspecified atom stereocenters. The monoisotopic (exact) mass is 489 g/mol. The van der Waals surface area contributed by atoms with E-state index in [1.165, 1.54) is 39.1 Å². The number of aromatic carboxylic acids is 1. The van der Waals surface area contributed by atoms with Crippen molar-refractivity contribution in [3.8, 4) is 11.5 Å². The number of likely N-dealkylation sites (tertiary alicyclic amines) is 1. The number of rotatable bonds is 12. The number of carboxylic acid groups (broad SMARTS) is 1. The average Bonchev–Trinajstić information content (AvgIpc) is 3.33. The average molecular weight is 490 g/mol. The van der Waals surface area contributed by atoms with Gasteiger partial charge in [0.2, 0.25) is 10.0 Å². The SMILES string of the molecule is CCCCN(CCN1CCCC1)c1cc(C(=O)O)cc(S(=O)(=O)N(C)C)c1Oc1ccccc1. The van der Waals surface area contributed by atoms with E-state index in [2.05, 4.69) is 16.7 Å². The molecule has 3 rings (SSSR count). The lowest BCUT2D eigenvalue weighted by Crippen LogP contribution is -2.35. The summed E-state index contributed by atoms with van der Waals surface area (Å²) in [6, 6.07) is 11.7. The van der Waals surface area contributed by atoms with Crippen LogP contribution < -0.4 is 9.64 Å². The maximum atomic E-state index is 13.3. The molecule has 8 nitrogen and oxygen atoms in total. The van der Waals surface area contributed by atoms with Gasteiger partial charge in [0, 0.05) is 33.7 Å². The Morgan fingerprint density at radius 1 is 1.09 bits per heavy atom. The van der Waals surface area contributed by atoms with Gasteiger partial charge in [-0.15, -0.1) is 0 Å². The first kappa shape index (κ1) is 26.0. The summed E-state index contributed by atoms with van der Waals surface area (Å²) in [4.78, 5) is 16.3. The van der Waals surface area contributed by atoms with Gasteiger partial charge in [0.15, 0.2) is 5.75 Å². The molecule has 0 saturated carbocycles. The number of anilines is 1. The number of sulfonamides is 1. The van der Waals surface area contributed by atoms with Crippen molar-refractivity contribution in [1.82, 2.24) is 9.21 Å². The number of ether oxygens (including phenoxy) is 1. The third-order valence-corrected chi connectivity index (χ3v) is 7.83. The highest BCUT2D eigenvalue weighted by atomic mass is 32.2. The fourth-order valence-corrected chi connectivity index (χ4v) is 5.06. The van der Waals surface area contributed by atoms with Gasteiger partial charge in [-0.3, -0.25) is 0 Å². The first-order valence-corrected chi connectivity index (χ1v) is 13.2. The molecular weight excluding hydrogens is 454 g/mol. The fraction of sp³-hybridized carbons (Fsp3) is 0.480. The Balaban J connectivity index is 2.16. The number of carboxylic acids is 1. The molecule has 1 saturated heterocycles. The van der Waals surface area contributed by atoms with Crippen molar-refractivity contribution in [1.29, 1.82) is 0 Å². The van der Waals surface area contributed by atoms with Crippen LogP contribution in [0.1, 0.15) is 43.0 Å². The zero-order chi connectivity index (χ0) is 24.7. The van der Waals surface area contributed by atoms with E-state index in [0.29, 0.717) is 24.5 Å². The molecule has 1 N–H and O–H groups in total. The molecule has 0 amide bonds. The molecule has 2 aromatic rings. The lowest BCUT2D eigenvalue weighted by Gasteiger charge is -2.30. The Kier molecular flexibility index (Phi) is 8.93. The Labute approximate surface area is 202 Å². The predicted molar refractivity (Wildman–Crippen MR) is 134 cm³/mol. The molecule has 0 spiro atoms. The summed E-state index contributed by atoms with van der Waals surface area (Å²) < 4.78 is 33.9. The van der Waals surface area contributed by atoms with Crippen molar-refractivity contribution >= 4 is 21.7 Å². The number of hydrogen-bond acceptors (Lipinski definition) is 6. The van der Waals surface area contributed by atoms with Gasteiger partial charge < -0.3 is 19.6 Å². The second-order valence-electron chi connectivity index (χ2n) is 8.72. The van der Waals surface area contributed by atoms with Crippen molar-refractivity contribution in [2.45, 2.75) is 37.5 Å². The summed E-state index contributed by atoms with van der Waals surface area (Å²) in [5, 5.41) is 9.80. The van der Waals surface area contributed by atoms with Crippen molar-refractivity contribution in [3.63, 3.8) is 0 Å². The van der Waals surface area contributed by atoms with Crippen molar-refractivity contribution in [2.24, 2.45) is 0 Å². The van der Waals surface area contributed by atoms with Crippen LogP contribution in [0.4, 0.5) is 5.69 Å². The first-order chi connectivity index (χ1) is 16.2. The Morgan fingerprint density at radius 3 is 2.35 bits per heavy atom. The second kappa shape index (κ2) is 11.7. The molecule has 1 aliphatic rings. The van der Waals surface area contributed by atoms with Gasteiger partial charge >= 0.3 is 5.97 Å². The van der Waals surface area contributed by atoms with Crippen LogP contribution in [-0.4, -0.2) is 75.5 Å². The van der Waals surface area contributed by atoms with Crippen molar-refractivity contribution in [3.05, 3.63) is 48.0 Å². The maximum absolute atomic E-state index is 13.3. The predicted octanol–water partition coefficient (Wildman–Crippen LogP) is 4.13. The molecule has 1 heterocycles. The van der Waals surface area contributed by atoms with Gasteiger partial charge in [-0.2, -0.15) is 0 Å². The van der Waals surface area contributed by atoms with Gasteiger partial charge in [-0.1, -0.05) is 31.5 Å². The van der Waals surface area contributed by atoms with Gasteiger partial charge in [0.25, 0.3) is 0 Å². The zero-order valence-electron chi connectivity index (χ0n) is 20.2. The molecule has 0 aliphatic carbocycles. The lowest BCUT2D eigenvalue weighted by molar-refractivity contribution is 0.0696. The maximum Gasteiger partial charge on any atom is 0.335 e. The topological polar surface area (TPSA) is 90.4 Å². The highest BCUT2D eigenvalue weighted by Gasteiger charge is 2.30. The quantitative estimate of drug-likeness (QED) is 0.479. The van der Waals surface area contributed by atoms with E-state index in [9.17, 15) is 18.3 Å². The summed E-state index contributed by atoms with van der Waals surface area (Å²) in [7, 11) is -1.13. The van der Waals surface area contributed by atoms with E-state index in [1.807, 2.05) is 18.2 Å². The smallest absolute Gasteiger partial charge is 0.335 e. The minimum atomic E-state index is -3.98. The van der Waals surface area contributed by atoms with E-state index in [1.54, 1.807) is 12.1 Å². The van der Waals surface area contributed by atoms with E-state index >= 15 is 0 Å². The number of para-hydroxylation sites is 1. The molecule has 0 aromatic heterocycles. The third kappa shape index (κ3) is 6.28. The molecule has 0 bridgehead atoms. The third-order valence-electron chi connectivity index (χ3n) is 6.01. The number of unbranched alkanes of at least 4 members (excludes halogenated alkanes) is 1. The van der Waals surface area contributed by atoms with E-state index in [0.717, 1.165) is 36.8 Å². The highest BCUT2D eigenvalue weighted by Crippen LogP contribution is 2.40. The molecule has 34 heavy (non-hydrogen) atoms. The number of carbonyl (C=O) groups is 1. The van der Waals surface area contributed by atoms with Crippen LogP contribution in [0.25, 0.3) is 0 Å². The summed E-state index contributed by atoms with van der Waals surface area (Å²) in [6.45, 7) is 6.32. The summed E-state index contributed by atoms with van der Waals surface area (Å²) in [5.41, 5.74) is 0.398. The molecular formula is C25H35N3O5S. The van der Waals surface area contributed by atoms with Crippen LogP contribution in [0.3, 0.4) is 0 Å². The molecule has 2 aromatic carbocycles. The molecule has 9 heteroatoms. The molecule has 0 atom stereocenters. The molecule has 1 fully saturated rings. The standard InChI is InChI=1S/C25H35N3O5S/c1-4-5-15-28(17-16-27-13-9-10-14-27)22-18-20(25(29)30)19-23(34(31,32)26(2)3)24(22)33-21-11-7-6-8-12-21/h6-8,11-12,18-19H,4-5,9-10,13-17H2,1-3H3,(H,29,30). The van der Waals surface area contributed by atoms with Gasteiger partial charge in [-0.25, -0.2) is 17.5 Å². The minimum Gasteiger partial charge on any atom is -0.478 e. The lowest BCUT2D eigenvalue weighted by atomic mass is 10.1. The van der Waals surface area contributed by atoms with E-state index in [-0.39, 0.29) is 16.2 Å². The van der Waals surface area contributed by atoms with Gasteiger partial charge in [0.05, 0.1) is 11.3 Å². The van der Waals surface area contributed by atoms with Crippen LogP contribution in [0.5, 0.6) is 11.5 Å². The highest BCUT2D eigenvalue weighted by molar-refractivity contribution is 7.89. The van der Waals surface area contributed by atoms with Crippen LogP contribution in [0.2, 0.25) is 0 Å². The summed E-state index contributed by atoms with van der Waals surface area (Å²) >= 11 is 0. The Bertz CT molecular complexity index is 1070. The van der Waals surface area contributed by atoms with Crippen molar-refractivity contribution in [2.75, 3.05) is 51.7 Å². The first-order valence-electron chi connectivity index (χ1n) is 11.8. The Hall–Kier alpha value is -2.62.